The summed E-state index contributed by atoms with van der Waals surface area (Å²) in [6.07, 6.45) is 2.20. The number of hydrogen-bond acceptors (Lipinski definition) is 6. The van der Waals surface area contributed by atoms with Gasteiger partial charge in [0.05, 0.1) is 0 Å². The van der Waals surface area contributed by atoms with Crippen LogP contribution in [0.2, 0.25) is 0 Å². The van der Waals surface area contributed by atoms with Crippen molar-refractivity contribution >= 4 is 17.6 Å². The van der Waals surface area contributed by atoms with Gasteiger partial charge in [-0.1, -0.05) is 42.8 Å². The Morgan fingerprint density at radius 3 is 2.65 bits per heavy atom. The van der Waals surface area contributed by atoms with Crippen molar-refractivity contribution in [3.8, 4) is 11.8 Å². The summed E-state index contributed by atoms with van der Waals surface area (Å²) in [6.45, 7) is 4.35. The third-order valence-electron chi connectivity index (χ3n) is 3.23. The summed E-state index contributed by atoms with van der Waals surface area (Å²) in [6, 6.07) is 9.79. The number of benzene rings is 1. The summed E-state index contributed by atoms with van der Waals surface area (Å²) in [5.41, 5.74) is 7.86. The number of nitriles is 1. The minimum absolute atomic E-state index is 0.194. The number of ether oxygens (including phenoxy) is 1. The SMILES string of the molecule is CCCCSc1nc(N)c(C#N)c(COc2ccc(C)cc2)n1. The largest absolute Gasteiger partial charge is 0.487 e. The first kappa shape index (κ1) is 17.1. The quantitative estimate of drug-likeness (QED) is 0.474. The first-order valence-corrected chi connectivity index (χ1v) is 8.51. The molecule has 120 valence electrons. The summed E-state index contributed by atoms with van der Waals surface area (Å²) < 4.78 is 5.72. The number of nitrogens with zero attached hydrogens (tertiary/aromatic N) is 3. The van der Waals surface area contributed by atoms with Gasteiger partial charge < -0.3 is 10.5 Å². The number of anilines is 1. The molecule has 0 fully saturated rings. The molecule has 0 aliphatic heterocycles. The molecule has 0 bridgehead atoms. The maximum absolute atomic E-state index is 9.27. The zero-order valence-corrected chi connectivity index (χ0v) is 14.2. The van der Waals surface area contributed by atoms with Crippen LogP contribution in [0, 0.1) is 18.3 Å². The molecule has 6 heteroatoms. The molecule has 2 N–H and O–H groups in total. The van der Waals surface area contributed by atoms with Crippen molar-refractivity contribution in [2.45, 2.75) is 38.5 Å². The van der Waals surface area contributed by atoms with Crippen molar-refractivity contribution < 1.29 is 4.74 Å². The Kier molecular flexibility index (Phi) is 6.24. The van der Waals surface area contributed by atoms with Crippen LogP contribution in [0.15, 0.2) is 29.4 Å². The van der Waals surface area contributed by atoms with E-state index in [1.807, 2.05) is 31.2 Å². The number of unbranched alkanes of at least 4 members (excludes halogenated alkanes) is 1. The number of thioether (sulfide) groups is 1. The Balaban J connectivity index is 2.14. The maximum atomic E-state index is 9.27. The number of hydrogen-bond donors (Lipinski definition) is 1. The molecule has 2 rings (SSSR count). The zero-order chi connectivity index (χ0) is 16.7. The van der Waals surface area contributed by atoms with E-state index in [1.54, 1.807) is 11.8 Å². The average molecular weight is 328 g/mol. The highest BCUT2D eigenvalue weighted by atomic mass is 32.2. The van der Waals surface area contributed by atoms with Crippen LogP contribution in [0.5, 0.6) is 5.75 Å². The Labute approximate surface area is 140 Å². The molecule has 0 atom stereocenters. The smallest absolute Gasteiger partial charge is 0.189 e. The second kappa shape index (κ2) is 8.39. The standard InChI is InChI=1S/C17H20N4OS/c1-3-4-9-23-17-20-15(14(10-18)16(19)21-17)11-22-13-7-5-12(2)6-8-13/h5-8H,3-4,9,11H2,1-2H3,(H2,19,20,21). The minimum Gasteiger partial charge on any atom is -0.487 e. The maximum Gasteiger partial charge on any atom is 0.189 e. The number of aryl methyl sites for hydroxylation is 1. The molecular weight excluding hydrogens is 308 g/mol. The third kappa shape index (κ3) is 4.86. The summed E-state index contributed by atoms with van der Waals surface area (Å²) in [5, 5.41) is 9.86. The van der Waals surface area contributed by atoms with Crippen molar-refractivity contribution in [1.82, 2.24) is 9.97 Å². The minimum atomic E-state index is 0.194. The molecule has 23 heavy (non-hydrogen) atoms. The molecular formula is C17H20N4OS. The van der Waals surface area contributed by atoms with Gasteiger partial charge in [-0.15, -0.1) is 0 Å². The van der Waals surface area contributed by atoms with Gasteiger partial charge >= 0.3 is 0 Å². The molecule has 0 aliphatic rings. The van der Waals surface area contributed by atoms with E-state index in [4.69, 9.17) is 10.5 Å². The fourth-order valence-corrected chi connectivity index (χ4v) is 2.84. The molecule has 0 radical (unpaired) electrons. The van der Waals surface area contributed by atoms with Crippen molar-refractivity contribution in [2.75, 3.05) is 11.5 Å². The van der Waals surface area contributed by atoms with Crippen LogP contribution >= 0.6 is 11.8 Å². The normalized spacial score (nSPS) is 10.3. The number of aromatic nitrogens is 2. The topological polar surface area (TPSA) is 84.8 Å². The van der Waals surface area contributed by atoms with Crippen molar-refractivity contribution in [1.29, 1.82) is 5.26 Å². The Hall–Kier alpha value is -2.26. The van der Waals surface area contributed by atoms with Gasteiger partial charge in [-0.05, 0) is 25.5 Å². The second-order valence-electron chi connectivity index (χ2n) is 5.13. The highest BCUT2D eigenvalue weighted by Gasteiger charge is 2.13. The van der Waals surface area contributed by atoms with Crippen LogP contribution in [-0.2, 0) is 6.61 Å². The molecule has 5 nitrogen and oxygen atoms in total. The first-order chi connectivity index (χ1) is 11.1. The van der Waals surface area contributed by atoms with Crippen molar-refractivity contribution in [3.63, 3.8) is 0 Å². The van der Waals surface area contributed by atoms with E-state index in [1.165, 1.54) is 0 Å². The van der Waals surface area contributed by atoms with Gasteiger partial charge in [-0.2, -0.15) is 5.26 Å². The van der Waals surface area contributed by atoms with E-state index in [-0.39, 0.29) is 18.0 Å². The highest BCUT2D eigenvalue weighted by molar-refractivity contribution is 7.99. The molecule has 1 heterocycles. The van der Waals surface area contributed by atoms with E-state index in [9.17, 15) is 5.26 Å². The van der Waals surface area contributed by atoms with Gasteiger partial charge in [0.2, 0.25) is 0 Å². The number of nitrogen functional groups attached to an aromatic ring is 1. The molecule has 2 aromatic rings. The van der Waals surface area contributed by atoms with Crippen LogP contribution in [-0.4, -0.2) is 15.7 Å². The van der Waals surface area contributed by atoms with Crippen LogP contribution in [0.25, 0.3) is 0 Å². The summed E-state index contributed by atoms with van der Waals surface area (Å²) in [4.78, 5) is 8.63. The Morgan fingerprint density at radius 1 is 1.26 bits per heavy atom. The van der Waals surface area contributed by atoms with Gasteiger partial charge in [0.15, 0.2) is 5.16 Å². The van der Waals surface area contributed by atoms with Crippen LogP contribution in [0.3, 0.4) is 0 Å². The van der Waals surface area contributed by atoms with E-state index >= 15 is 0 Å². The van der Waals surface area contributed by atoms with E-state index < -0.39 is 0 Å². The predicted molar refractivity (Wildman–Crippen MR) is 92.3 cm³/mol. The van der Waals surface area contributed by atoms with Gasteiger partial charge in [0.1, 0.15) is 35.5 Å². The van der Waals surface area contributed by atoms with Crippen molar-refractivity contribution in [3.05, 3.63) is 41.1 Å². The summed E-state index contributed by atoms with van der Waals surface area (Å²) >= 11 is 1.55. The molecule has 0 unspecified atom stereocenters. The summed E-state index contributed by atoms with van der Waals surface area (Å²) in [5.74, 6) is 1.88. The Morgan fingerprint density at radius 2 is 2.00 bits per heavy atom. The van der Waals surface area contributed by atoms with Crippen molar-refractivity contribution in [2.24, 2.45) is 0 Å². The molecule has 0 spiro atoms. The monoisotopic (exact) mass is 328 g/mol. The Bertz CT molecular complexity index is 695. The van der Waals surface area contributed by atoms with Crippen LogP contribution in [0.4, 0.5) is 5.82 Å². The summed E-state index contributed by atoms with van der Waals surface area (Å²) in [7, 11) is 0. The second-order valence-corrected chi connectivity index (χ2v) is 6.19. The number of rotatable bonds is 7. The van der Waals surface area contributed by atoms with Gasteiger partial charge in [0, 0.05) is 5.75 Å². The van der Waals surface area contributed by atoms with Gasteiger partial charge in [-0.25, -0.2) is 9.97 Å². The lowest BCUT2D eigenvalue weighted by Gasteiger charge is -2.10. The highest BCUT2D eigenvalue weighted by Crippen LogP contribution is 2.22. The third-order valence-corrected chi connectivity index (χ3v) is 4.16. The molecule has 0 saturated heterocycles. The number of nitrogens with two attached hydrogens (primary N) is 1. The zero-order valence-electron chi connectivity index (χ0n) is 13.4. The first-order valence-electron chi connectivity index (χ1n) is 7.52. The molecule has 1 aromatic heterocycles. The van der Waals surface area contributed by atoms with Gasteiger partial charge in [0.25, 0.3) is 0 Å². The van der Waals surface area contributed by atoms with Crippen LogP contribution < -0.4 is 10.5 Å². The lowest BCUT2D eigenvalue weighted by Crippen LogP contribution is -2.08. The fraction of sp³-hybridized carbons (Fsp3) is 0.353. The van der Waals surface area contributed by atoms with E-state index in [0.717, 1.165) is 29.9 Å². The molecule has 0 amide bonds. The van der Waals surface area contributed by atoms with E-state index in [2.05, 4.69) is 23.0 Å². The molecule has 1 aromatic carbocycles. The van der Waals surface area contributed by atoms with E-state index in [0.29, 0.717) is 10.9 Å². The predicted octanol–water partition coefficient (Wildman–Crippen LogP) is 3.71. The average Bonchev–Trinajstić information content (AvgIpc) is 2.54. The lowest BCUT2D eigenvalue weighted by molar-refractivity contribution is 0.299. The fourth-order valence-electron chi connectivity index (χ4n) is 1.89. The van der Waals surface area contributed by atoms with Gasteiger partial charge in [-0.3, -0.25) is 0 Å². The molecule has 0 aliphatic carbocycles. The van der Waals surface area contributed by atoms with Crippen LogP contribution in [0.1, 0.15) is 36.6 Å². The molecule has 0 saturated carbocycles. The lowest BCUT2D eigenvalue weighted by atomic mass is 10.2.